The van der Waals surface area contributed by atoms with Crippen LogP contribution in [-0.4, -0.2) is 58.2 Å². The summed E-state index contributed by atoms with van der Waals surface area (Å²) in [7, 11) is 0. The van der Waals surface area contributed by atoms with Gasteiger partial charge >= 0.3 is 18.5 Å². The van der Waals surface area contributed by atoms with Gasteiger partial charge in [0.1, 0.15) is 16.5 Å². The molecule has 2 aromatic heterocycles. The minimum atomic E-state index is -4.93. The molecule has 280 valence electrons. The second kappa shape index (κ2) is 14.3. The Morgan fingerprint density at radius 1 is 0.941 bits per heavy atom. The molecule has 2 amide bonds. The Balaban J connectivity index is 1.38. The van der Waals surface area contributed by atoms with Gasteiger partial charge in [0, 0.05) is 12.6 Å². The number of fused-ring (bicyclic) bond motifs is 1. The van der Waals surface area contributed by atoms with E-state index in [1.54, 1.807) is 0 Å². The molecule has 51 heavy (non-hydrogen) atoms. The van der Waals surface area contributed by atoms with Crippen LogP contribution in [0, 0.1) is 11.3 Å². The third-order valence-corrected chi connectivity index (χ3v) is 9.08. The van der Waals surface area contributed by atoms with Gasteiger partial charge in [-0.1, -0.05) is 18.9 Å². The number of hydrogen-bond acceptors (Lipinski definition) is 6. The number of alkyl halides is 11. The average molecular weight is 745 g/mol. The summed E-state index contributed by atoms with van der Waals surface area (Å²) >= 11 is 0. The van der Waals surface area contributed by atoms with E-state index >= 15 is 0 Å². The molecule has 3 aromatic rings. The Morgan fingerprint density at radius 3 is 2.20 bits per heavy atom. The van der Waals surface area contributed by atoms with E-state index < -0.39 is 103 Å². The topological polar surface area (TPSA) is 121 Å². The lowest BCUT2D eigenvalue weighted by atomic mass is 9.84. The largest absolute Gasteiger partial charge is 0.471 e. The minimum Gasteiger partial charge on any atom is -0.471 e. The fourth-order valence-corrected chi connectivity index (χ4v) is 6.37. The number of hydrogen-bond donors (Lipinski definition) is 4. The van der Waals surface area contributed by atoms with Gasteiger partial charge in [-0.2, -0.15) is 44.5 Å². The van der Waals surface area contributed by atoms with E-state index in [4.69, 9.17) is 4.74 Å². The highest BCUT2D eigenvalue weighted by Gasteiger charge is 2.60. The van der Waals surface area contributed by atoms with Gasteiger partial charge < -0.3 is 25.7 Å². The van der Waals surface area contributed by atoms with E-state index in [-0.39, 0.29) is 61.2 Å². The number of aromatic nitrogens is 3. The SMILES string of the molecule is O=C(N[C@H]1CC[C@@H](C(F)(F)F)CC1)c1cc2nc(Nc3cc(CNC(=O)C4(C(F)(F)F)CCCC4)ccc3C(F)(F)F)[nH]c2nc1OCC(F)F. The van der Waals surface area contributed by atoms with Crippen molar-refractivity contribution in [2.75, 3.05) is 11.9 Å². The van der Waals surface area contributed by atoms with Crippen molar-refractivity contribution in [3.63, 3.8) is 0 Å². The van der Waals surface area contributed by atoms with Gasteiger partial charge in [-0.3, -0.25) is 9.59 Å². The summed E-state index contributed by atoms with van der Waals surface area (Å²) in [5.74, 6) is -4.72. The van der Waals surface area contributed by atoms with Gasteiger partial charge in [-0.15, -0.1) is 0 Å². The van der Waals surface area contributed by atoms with Crippen LogP contribution in [0.3, 0.4) is 0 Å². The number of ether oxygens (including phenoxy) is 1. The maximum Gasteiger partial charge on any atom is 0.418 e. The zero-order chi connectivity index (χ0) is 37.4. The smallest absolute Gasteiger partial charge is 0.418 e. The monoisotopic (exact) mass is 744 g/mol. The standard InChI is InChI=1S/C31H31F11N6O3/c32-22(33)14-51-25-18(24(49)44-17-6-4-16(5-7-17)29(34,35)36)12-21-23(47-25)48-27(46-21)45-20-11-15(3-8-19(20)30(37,38)39)13-43-26(50)28(31(40,41)42)9-1-2-10-28/h3,8,11-12,16-17,22H,1-2,4-7,9-10,13-14H2,(H,43,50)(H,44,49)(H2,45,46,47,48)/t16-,17+. The number of nitrogens with zero attached hydrogens (tertiary/aromatic N) is 2. The number of aromatic amines is 1. The molecule has 2 aliphatic rings. The summed E-state index contributed by atoms with van der Waals surface area (Å²) in [6.07, 6.45) is -18.1. The van der Waals surface area contributed by atoms with Crippen LogP contribution in [0.4, 0.5) is 59.9 Å². The van der Waals surface area contributed by atoms with Crippen molar-refractivity contribution in [1.82, 2.24) is 25.6 Å². The number of imidazole rings is 1. The molecule has 1 aromatic carbocycles. The summed E-state index contributed by atoms with van der Waals surface area (Å²) < 4.78 is 153. The van der Waals surface area contributed by atoms with E-state index in [0.717, 1.165) is 18.2 Å². The Kier molecular flexibility index (Phi) is 10.6. The predicted molar refractivity (Wildman–Crippen MR) is 158 cm³/mol. The molecule has 0 aliphatic heterocycles. The molecule has 0 unspecified atom stereocenters. The van der Waals surface area contributed by atoms with E-state index in [1.165, 1.54) is 0 Å². The molecule has 20 heteroatoms. The van der Waals surface area contributed by atoms with Crippen LogP contribution < -0.4 is 20.7 Å². The first kappa shape index (κ1) is 37.9. The maximum absolute atomic E-state index is 13.9. The number of anilines is 2. The van der Waals surface area contributed by atoms with E-state index in [0.29, 0.717) is 6.07 Å². The van der Waals surface area contributed by atoms with Gasteiger partial charge in [0.2, 0.25) is 17.7 Å². The van der Waals surface area contributed by atoms with Gasteiger partial charge in [0.05, 0.1) is 17.2 Å². The molecule has 0 spiro atoms. The quantitative estimate of drug-likeness (QED) is 0.157. The lowest BCUT2D eigenvalue weighted by Crippen LogP contribution is -2.48. The van der Waals surface area contributed by atoms with Crippen molar-refractivity contribution in [3.8, 4) is 5.88 Å². The van der Waals surface area contributed by atoms with Crippen LogP contribution in [0.25, 0.3) is 11.2 Å². The first-order valence-electron chi connectivity index (χ1n) is 15.8. The zero-order valence-corrected chi connectivity index (χ0v) is 26.4. The van der Waals surface area contributed by atoms with Crippen molar-refractivity contribution in [1.29, 1.82) is 0 Å². The molecule has 4 N–H and O–H groups in total. The summed E-state index contributed by atoms with van der Waals surface area (Å²) in [5, 5.41) is 7.13. The Morgan fingerprint density at radius 2 is 1.61 bits per heavy atom. The number of rotatable bonds is 10. The molecule has 0 bridgehead atoms. The zero-order valence-electron chi connectivity index (χ0n) is 26.4. The molecular formula is C31H31F11N6O3. The number of nitrogens with one attached hydrogen (secondary N) is 4. The first-order valence-corrected chi connectivity index (χ1v) is 15.8. The lowest BCUT2D eigenvalue weighted by Gasteiger charge is -2.30. The Labute approximate surface area is 282 Å². The van der Waals surface area contributed by atoms with Gasteiger partial charge in [-0.05, 0) is 62.3 Å². The number of H-pyrrole nitrogens is 1. The van der Waals surface area contributed by atoms with Gasteiger partial charge in [-0.25, -0.2) is 13.8 Å². The first-order chi connectivity index (χ1) is 23.8. The second-order valence-corrected chi connectivity index (χ2v) is 12.5. The lowest BCUT2D eigenvalue weighted by molar-refractivity contribution is -0.220. The molecule has 9 nitrogen and oxygen atoms in total. The maximum atomic E-state index is 13.9. The highest BCUT2D eigenvalue weighted by atomic mass is 19.4. The van der Waals surface area contributed by atoms with Crippen molar-refractivity contribution < 1.29 is 62.6 Å². The van der Waals surface area contributed by atoms with Gasteiger partial charge in [0.25, 0.3) is 12.3 Å². The van der Waals surface area contributed by atoms with Crippen molar-refractivity contribution in [2.45, 2.75) is 88.9 Å². The fourth-order valence-electron chi connectivity index (χ4n) is 6.37. The molecule has 0 atom stereocenters. The number of benzene rings is 1. The second-order valence-electron chi connectivity index (χ2n) is 12.5. The highest BCUT2D eigenvalue weighted by Crippen LogP contribution is 2.50. The summed E-state index contributed by atoms with van der Waals surface area (Å²) in [6, 6.07) is 2.96. The van der Waals surface area contributed by atoms with E-state index in [2.05, 4.69) is 30.9 Å². The number of amides is 2. The van der Waals surface area contributed by atoms with E-state index in [9.17, 15) is 57.9 Å². The van der Waals surface area contributed by atoms with Crippen LogP contribution in [-0.2, 0) is 17.5 Å². The van der Waals surface area contributed by atoms with Crippen molar-refractivity contribution in [2.24, 2.45) is 11.3 Å². The van der Waals surface area contributed by atoms with Crippen LogP contribution in [0.5, 0.6) is 5.88 Å². The number of carbonyl (C=O) groups excluding carboxylic acids is 2. The molecule has 2 aliphatic carbocycles. The molecule has 5 rings (SSSR count). The number of pyridine rings is 1. The van der Waals surface area contributed by atoms with Crippen LogP contribution in [0.15, 0.2) is 24.3 Å². The third kappa shape index (κ3) is 8.57. The van der Waals surface area contributed by atoms with Crippen LogP contribution >= 0.6 is 0 Å². The normalized spacial score (nSPS) is 19.7. The average Bonchev–Trinajstić information content (AvgIpc) is 3.69. The van der Waals surface area contributed by atoms with Crippen molar-refractivity contribution >= 4 is 34.6 Å². The molecule has 0 radical (unpaired) electrons. The molecule has 2 fully saturated rings. The summed E-state index contributed by atoms with van der Waals surface area (Å²) in [4.78, 5) is 36.4. The van der Waals surface area contributed by atoms with Crippen molar-refractivity contribution in [3.05, 3.63) is 41.0 Å². The number of carbonyl (C=O) groups is 2. The molecule has 0 saturated heterocycles. The van der Waals surface area contributed by atoms with E-state index in [1.807, 2.05) is 0 Å². The molecule has 2 saturated carbocycles. The number of halogens is 11. The van der Waals surface area contributed by atoms with Gasteiger partial charge in [0.15, 0.2) is 12.3 Å². The minimum absolute atomic E-state index is 0.00863. The van der Waals surface area contributed by atoms with Crippen LogP contribution in [0.2, 0.25) is 0 Å². The summed E-state index contributed by atoms with van der Waals surface area (Å²) in [6.45, 7) is -1.73. The molecular weight excluding hydrogens is 713 g/mol. The fraction of sp³-hybridized carbons (Fsp3) is 0.548. The summed E-state index contributed by atoms with van der Waals surface area (Å²) in [5.41, 5.74) is -5.19. The van der Waals surface area contributed by atoms with Crippen LogP contribution in [0.1, 0.15) is 72.9 Å². The Bertz CT molecular complexity index is 1720. The molecule has 2 heterocycles. The third-order valence-electron chi connectivity index (χ3n) is 9.08. The highest BCUT2D eigenvalue weighted by molar-refractivity contribution is 5.99. The predicted octanol–water partition coefficient (Wildman–Crippen LogP) is 7.95. The Hall–Kier alpha value is -4.39.